The molecule has 0 atom stereocenters. The zero-order valence-electron chi connectivity index (χ0n) is 18.6. The maximum atomic E-state index is 13.9. The summed E-state index contributed by atoms with van der Waals surface area (Å²) in [6, 6.07) is 13.3. The van der Waals surface area contributed by atoms with Gasteiger partial charge >= 0.3 is 0 Å². The molecule has 2 aliphatic heterocycles. The first-order chi connectivity index (χ1) is 16.4. The lowest BCUT2D eigenvalue weighted by Gasteiger charge is -2.45. The molecular formula is C25H24FN3O5. The smallest absolute Gasteiger partial charge is 0.255 e. The number of primary amides is 1. The van der Waals surface area contributed by atoms with E-state index in [0.717, 1.165) is 11.4 Å². The lowest BCUT2D eigenvalue weighted by Crippen LogP contribution is -2.50. The number of hydrogen-bond acceptors (Lipinski definition) is 5. The van der Waals surface area contributed by atoms with E-state index in [-0.39, 0.29) is 18.3 Å². The highest BCUT2D eigenvalue weighted by molar-refractivity contribution is 5.95. The van der Waals surface area contributed by atoms with Crippen molar-refractivity contribution in [3.63, 3.8) is 0 Å². The number of methoxy groups -OCH3 is 1. The van der Waals surface area contributed by atoms with Crippen LogP contribution in [0.3, 0.4) is 0 Å². The molecule has 9 heteroatoms. The Morgan fingerprint density at radius 3 is 2.65 bits per heavy atom. The summed E-state index contributed by atoms with van der Waals surface area (Å²) in [6.07, 6.45) is 3.08. The number of hydrogen-bond donors (Lipinski definition) is 1. The number of benzene rings is 2. The van der Waals surface area contributed by atoms with Gasteiger partial charge in [-0.05, 0) is 42.5 Å². The first-order valence-electron chi connectivity index (χ1n) is 11.0. The molecule has 2 amide bonds. The Balaban J connectivity index is 1.34. The van der Waals surface area contributed by atoms with Crippen molar-refractivity contribution >= 4 is 11.8 Å². The van der Waals surface area contributed by atoms with Gasteiger partial charge in [-0.2, -0.15) is 0 Å². The molecule has 3 aromatic rings. The van der Waals surface area contributed by atoms with Crippen LogP contribution >= 0.6 is 0 Å². The fourth-order valence-electron chi connectivity index (χ4n) is 4.67. The summed E-state index contributed by atoms with van der Waals surface area (Å²) in [5, 5.41) is 0. The van der Waals surface area contributed by atoms with Crippen molar-refractivity contribution in [1.29, 1.82) is 0 Å². The molecule has 34 heavy (non-hydrogen) atoms. The SMILES string of the molecule is COc1cc(C(=O)N2CCC3(CC2)Oc2cc(F)ccc2-n2cccc23)ccc1OCC(N)=O. The highest BCUT2D eigenvalue weighted by atomic mass is 19.1. The molecule has 1 saturated heterocycles. The van der Waals surface area contributed by atoms with Crippen LogP contribution in [0.1, 0.15) is 28.9 Å². The van der Waals surface area contributed by atoms with E-state index in [1.54, 1.807) is 29.2 Å². The molecule has 2 aliphatic rings. The summed E-state index contributed by atoms with van der Waals surface area (Å²) < 4.78 is 33.0. The van der Waals surface area contributed by atoms with Crippen molar-refractivity contribution in [2.24, 2.45) is 5.73 Å². The van der Waals surface area contributed by atoms with Crippen LogP contribution in [0.25, 0.3) is 5.69 Å². The lowest BCUT2D eigenvalue weighted by molar-refractivity contribution is -0.119. The maximum Gasteiger partial charge on any atom is 0.255 e. The second-order valence-corrected chi connectivity index (χ2v) is 8.38. The van der Waals surface area contributed by atoms with E-state index in [0.29, 0.717) is 48.7 Å². The van der Waals surface area contributed by atoms with Crippen LogP contribution in [0, 0.1) is 5.82 Å². The minimum atomic E-state index is -0.634. The molecule has 3 heterocycles. The van der Waals surface area contributed by atoms with Crippen molar-refractivity contribution in [1.82, 2.24) is 9.47 Å². The number of halogens is 1. The van der Waals surface area contributed by atoms with E-state index >= 15 is 0 Å². The Morgan fingerprint density at radius 2 is 1.91 bits per heavy atom. The number of carbonyl (C=O) groups excluding carboxylic acids is 2. The van der Waals surface area contributed by atoms with Crippen LogP contribution < -0.4 is 19.9 Å². The third-order valence-electron chi connectivity index (χ3n) is 6.34. The van der Waals surface area contributed by atoms with E-state index in [2.05, 4.69) is 0 Å². The predicted molar refractivity (Wildman–Crippen MR) is 121 cm³/mol. The number of nitrogens with two attached hydrogens (primary N) is 1. The van der Waals surface area contributed by atoms with Crippen molar-refractivity contribution in [3.05, 3.63) is 71.8 Å². The summed E-state index contributed by atoms with van der Waals surface area (Å²) in [4.78, 5) is 26.0. The minimum absolute atomic E-state index is 0.146. The summed E-state index contributed by atoms with van der Waals surface area (Å²) in [7, 11) is 1.46. The number of carbonyl (C=O) groups is 2. The summed E-state index contributed by atoms with van der Waals surface area (Å²) >= 11 is 0. The van der Waals surface area contributed by atoms with Crippen molar-refractivity contribution < 1.29 is 28.2 Å². The Morgan fingerprint density at radius 1 is 1.12 bits per heavy atom. The maximum absolute atomic E-state index is 13.9. The quantitative estimate of drug-likeness (QED) is 0.625. The van der Waals surface area contributed by atoms with Crippen molar-refractivity contribution in [3.8, 4) is 22.9 Å². The predicted octanol–water partition coefficient (Wildman–Crippen LogP) is 3.01. The van der Waals surface area contributed by atoms with E-state index < -0.39 is 11.5 Å². The van der Waals surface area contributed by atoms with Gasteiger partial charge in [0, 0.05) is 43.8 Å². The van der Waals surface area contributed by atoms with Crippen molar-refractivity contribution in [2.45, 2.75) is 18.4 Å². The number of likely N-dealkylation sites (tertiary alicyclic amines) is 1. The first-order valence-corrected chi connectivity index (χ1v) is 11.0. The van der Waals surface area contributed by atoms with Crippen LogP contribution in [-0.4, -0.2) is 48.1 Å². The summed E-state index contributed by atoms with van der Waals surface area (Å²) in [6.45, 7) is 0.653. The second-order valence-electron chi connectivity index (χ2n) is 8.38. The summed E-state index contributed by atoms with van der Waals surface area (Å²) in [5.41, 5.74) is 6.74. The van der Waals surface area contributed by atoms with Crippen LogP contribution in [0.4, 0.5) is 4.39 Å². The van der Waals surface area contributed by atoms with Gasteiger partial charge in [-0.3, -0.25) is 9.59 Å². The first kappa shape index (κ1) is 21.8. The lowest BCUT2D eigenvalue weighted by atomic mass is 9.86. The molecule has 8 nitrogen and oxygen atoms in total. The van der Waals surface area contributed by atoms with Crippen molar-refractivity contribution in [2.75, 3.05) is 26.8 Å². The largest absolute Gasteiger partial charge is 0.493 e. The molecule has 0 aliphatic carbocycles. The molecule has 2 N–H and O–H groups in total. The van der Waals surface area contributed by atoms with E-state index in [4.69, 9.17) is 19.9 Å². The number of fused-ring (bicyclic) bond motifs is 4. The molecule has 2 aromatic carbocycles. The van der Waals surface area contributed by atoms with Gasteiger partial charge in [0.15, 0.2) is 23.7 Å². The van der Waals surface area contributed by atoms with Gasteiger partial charge in [-0.15, -0.1) is 0 Å². The van der Waals surface area contributed by atoms with Gasteiger partial charge < -0.3 is 29.4 Å². The average molecular weight is 465 g/mol. The van der Waals surface area contributed by atoms with Gasteiger partial charge in [0.2, 0.25) is 0 Å². The average Bonchev–Trinajstić information content (AvgIpc) is 3.34. The molecule has 1 aromatic heterocycles. The van der Waals surface area contributed by atoms with Gasteiger partial charge in [0.25, 0.3) is 11.8 Å². The molecule has 1 spiro atoms. The van der Waals surface area contributed by atoms with E-state index in [1.807, 2.05) is 22.9 Å². The number of aromatic nitrogens is 1. The third kappa shape index (κ3) is 3.72. The minimum Gasteiger partial charge on any atom is -0.493 e. The normalized spacial score (nSPS) is 15.8. The number of piperidine rings is 1. The number of nitrogens with zero attached hydrogens (tertiary/aromatic N) is 2. The number of amides is 2. The second kappa shape index (κ2) is 8.40. The summed E-state index contributed by atoms with van der Waals surface area (Å²) in [5.74, 6) is 0.0672. The highest BCUT2D eigenvalue weighted by Crippen LogP contribution is 2.45. The van der Waals surface area contributed by atoms with E-state index in [1.165, 1.54) is 19.2 Å². The number of rotatable bonds is 5. The topological polar surface area (TPSA) is 96.0 Å². The molecule has 1 fully saturated rings. The van der Waals surface area contributed by atoms with Crippen LogP contribution in [0.2, 0.25) is 0 Å². The Kier molecular flexibility index (Phi) is 5.39. The molecule has 0 saturated carbocycles. The molecule has 176 valence electrons. The monoisotopic (exact) mass is 465 g/mol. The molecule has 5 rings (SSSR count). The van der Waals surface area contributed by atoms with Gasteiger partial charge in [0.1, 0.15) is 11.6 Å². The Labute approximate surface area is 195 Å². The molecular weight excluding hydrogens is 441 g/mol. The van der Waals surface area contributed by atoms with Gasteiger partial charge in [-0.1, -0.05) is 0 Å². The fourth-order valence-corrected chi connectivity index (χ4v) is 4.67. The van der Waals surface area contributed by atoms with Crippen LogP contribution in [0.15, 0.2) is 54.7 Å². The van der Waals surface area contributed by atoms with Gasteiger partial charge in [-0.25, -0.2) is 4.39 Å². The standard InChI is InChI=1S/C25H24FN3O5/c1-32-21-13-16(4-7-19(21)33-15-23(27)30)24(31)28-11-8-25(9-12-28)22-3-2-10-29(22)18-6-5-17(26)14-20(18)34-25/h2-7,10,13-14H,8-9,11-12,15H2,1H3,(H2,27,30). The van der Waals surface area contributed by atoms with Crippen LogP contribution in [-0.2, 0) is 10.4 Å². The molecule has 0 bridgehead atoms. The molecule has 0 radical (unpaired) electrons. The van der Waals surface area contributed by atoms with Gasteiger partial charge in [0.05, 0.1) is 18.5 Å². The Bertz CT molecular complexity index is 1260. The zero-order valence-corrected chi connectivity index (χ0v) is 18.6. The molecule has 0 unspecified atom stereocenters. The number of ether oxygens (including phenoxy) is 3. The van der Waals surface area contributed by atoms with Crippen LogP contribution in [0.5, 0.6) is 17.2 Å². The third-order valence-corrected chi connectivity index (χ3v) is 6.34. The fraction of sp³-hybridized carbons (Fsp3) is 0.280. The Hall–Kier alpha value is -4.01. The zero-order chi connectivity index (χ0) is 23.9. The van der Waals surface area contributed by atoms with E-state index in [9.17, 15) is 14.0 Å². The highest BCUT2D eigenvalue weighted by Gasteiger charge is 2.44.